The molecule has 1 unspecified atom stereocenters. The van der Waals surface area contributed by atoms with E-state index >= 15 is 0 Å². The van der Waals surface area contributed by atoms with Gasteiger partial charge in [-0.3, -0.25) is 4.90 Å². The highest BCUT2D eigenvalue weighted by Gasteiger charge is 2.43. The van der Waals surface area contributed by atoms with Crippen LogP contribution in [0.5, 0.6) is 0 Å². The van der Waals surface area contributed by atoms with Gasteiger partial charge < -0.3 is 5.32 Å². The first kappa shape index (κ1) is 14.2. The molecule has 3 fully saturated rings. The Morgan fingerprint density at radius 2 is 1.84 bits per heavy atom. The fourth-order valence-corrected chi connectivity index (χ4v) is 5.23. The maximum atomic E-state index is 3.91. The lowest BCUT2D eigenvalue weighted by atomic mass is 9.78. The number of nitrogens with zero attached hydrogens (tertiary/aromatic N) is 1. The Hall–Kier alpha value is 0.270. The van der Waals surface area contributed by atoms with E-state index in [1.54, 1.807) is 0 Å². The van der Waals surface area contributed by atoms with Gasteiger partial charge >= 0.3 is 0 Å². The zero-order valence-corrected chi connectivity index (χ0v) is 13.5. The molecule has 1 spiro atoms. The van der Waals surface area contributed by atoms with Gasteiger partial charge in [-0.05, 0) is 38.9 Å². The molecule has 1 aliphatic heterocycles. The van der Waals surface area contributed by atoms with Gasteiger partial charge in [0.1, 0.15) is 0 Å². The highest BCUT2D eigenvalue weighted by atomic mass is 32.2. The molecule has 0 aromatic heterocycles. The molecule has 3 rings (SSSR count). The van der Waals surface area contributed by atoms with Gasteiger partial charge in [-0.1, -0.05) is 25.7 Å². The molecule has 0 bridgehead atoms. The Bertz CT molecular complexity index is 302. The molecule has 3 aliphatic rings. The predicted molar refractivity (Wildman–Crippen MR) is 85.0 cm³/mol. The largest absolute Gasteiger partial charge is 0.308 e. The third-order valence-electron chi connectivity index (χ3n) is 5.90. The number of thioether (sulfide) groups is 1. The van der Waals surface area contributed by atoms with Crippen LogP contribution in [-0.2, 0) is 0 Å². The molecule has 2 aliphatic carbocycles. The average Bonchev–Trinajstić information content (AvgIpc) is 2.39. The van der Waals surface area contributed by atoms with E-state index in [0.717, 1.165) is 6.04 Å². The smallest absolute Gasteiger partial charge is 0.0309 e. The fraction of sp³-hybridized carbons (Fsp3) is 1.00. The van der Waals surface area contributed by atoms with Gasteiger partial charge in [0.15, 0.2) is 0 Å². The van der Waals surface area contributed by atoms with Crippen molar-refractivity contribution < 1.29 is 0 Å². The maximum Gasteiger partial charge on any atom is 0.0309 e. The Balaban J connectivity index is 1.65. The lowest BCUT2D eigenvalue weighted by Crippen LogP contribution is -2.66. The highest BCUT2D eigenvalue weighted by molar-refractivity contribution is 8.00. The lowest BCUT2D eigenvalue weighted by molar-refractivity contribution is 0.0473. The van der Waals surface area contributed by atoms with Gasteiger partial charge in [0.25, 0.3) is 0 Å². The van der Waals surface area contributed by atoms with E-state index < -0.39 is 0 Å². The van der Waals surface area contributed by atoms with Crippen molar-refractivity contribution in [1.29, 1.82) is 0 Å². The molecular formula is C16H30N2S. The van der Waals surface area contributed by atoms with Crippen LogP contribution in [0.25, 0.3) is 0 Å². The van der Waals surface area contributed by atoms with Crippen molar-refractivity contribution in [3.05, 3.63) is 0 Å². The summed E-state index contributed by atoms with van der Waals surface area (Å²) in [6.07, 6.45) is 13.8. The van der Waals surface area contributed by atoms with Crippen LogP contribution in [0.2, 0.25) is 0 Å². The first-order valence-corrected chi connectivity index (χ1v) is 9.44. The molecule has 0 amide bonds. The first-order valence-electron chi connectivity index (χ1n) is 8.21. The molecule has 0 radical (unpaired) electrons. The Kier molecular flexibility index (Phi) is 4.17. The SMILES string of the molecule is CSC1(CN2CC3(CCCCC3)NCC2C)CCC1. The number of rotatable bonds is 3. The van der Waals surface area contributed by atoms with Crippen molar-refractivity contribution in [3.63, 3.8) is 0 Å². The van der Waals surface area contributed by atoms with Gasteiger partial charge in [-0.25, -0.2) is 0 Å². The monoisotopic (exact) mass is 282 g/mol. The van der Waals surface area contributed by atoms with Crippen LogP contribution in [0, 0.1) is 0 Å². The van der Waals surface area contributed by atoms with Crippen LogP contribution < -0.4 is 5.32 Å². The Morgan fingerprint density at radius 1 is 1.11 bits per heavy atom. The molecular weight excluding hydrogens is 252 g/mol. The second-order valence-electron chi connectivity index (χ2n) is 7.22. The molecule has 1 N–H and O–H groups in total. The second-order valence-corrected chi connectivity index (χ2v) is 8.49. The number of piperazine rings is 1. The molecule has 1 saturated heterocycles. The predicted octanol–water partition coefficient (Wildman–Crippen LogP) is 3.27. The van der Waals surface area contributed by atoms with E-state index in [1.165, 1.54) is 71.0 Å². The third kappa shape index (κ3) is 2.84. The van der Waals surface area contributed by atoms with Crippen LogP contribution in [-0.4, -0.2) is 47.1 Å². The van der Waals surface area contributed by atoms with Crippen molar-refractivity contribution >= 4 is 11.8 Å². The van der Waals surface area contributed by atoms with Crippen molar-refractivity contribution in [2.45, 2.75) is 74.6 Å². The van der Waals surface area contributed by atoms with Crippen molar-refractivity contribution in [3.8, 4) is 0 Å². The van der Waals surface area contributed by atoms with Gasteiger partial charge in [-0.2, -0.15) is 11.8 Å². The van der Waals surface area contributed by atoms with Crippen molar-refractivity contribution in [2.75, 3.05) is 25.9 Å². The summed E-state index contributed by atoms with van der Waals surface area (Å²) in [4.78, 5) is 2.82. The molecule has 0 aromatic carbocycles. The van der Waals surface area contributed by atoms with E-state index in [1.807, 2.05) is 0 Å². The van der Waals surface area contributed by atoms with E-state index in [4.69, 9.17) is 0 Å². The Morgan fingerprint density at radius 3 is 2.42 bits per heavy atom. The van der Waals surface area contributed by atoms with E-state index in [-0.39, 0.29) is 0 Å². The number of hydrogen-bond donors (Lipinski definition) is 1. The summed E-state index contributed by atoms with van der Waals surface area (Å²) in [5.41, 5.74) is 0.466. The summed E-state index contributed by atoms with van der Waals surface area (Å²) in [6.45, 7) is 6.25. The molecule has 1 atom stereocenters. The maximum absolute atomic E-state index is 3.91. The van der Waals surface area contributed by atoms with Gasteiger partial charge in [-0.15, -0.1) is 0 Å². The van der Waals surface area contributed by atoms with E-state index in [2.05, 4.69) is 35.2 Å². The van der Waals surface area contributed by atoms with Crippen LogP contribution in [0.1, 0.15) is 58.3 Å². The molecule has 0 aromatic rings. The van der Waals surface area contributed by atoms with E-state index in [9.17, 15) is 0 Å². The van der Waals surface area contributed by atoms with Crippen LogP contribution in [0.3, 0.4) is 0 Å². The number of hydrogen-bond acceptors (Lipinski definition) is 3. The minimum atomic E-state index is 0.466. The van der Waals surface area contributed by atoms with E-state index in [0.29, 0.717) is 10.3 Å². The minimum absolute atomic E-state index is 0.466. The van der Waals surface area contributed by atoms with Gasteiger partial charge in [0, 0.05) is 36.0 Å². The highest BCUT2D eigenvalue weighted by Crippen LogP contribution is 2.44. The standard InChI is InChI=1S/C16H30N2S/c1-14-11-17-15(7-4-3-5-8-15)12-18(14)13-16(19-2)9-6-10-16/h14,17H,3-13H2,1-2H3. The summed E-state index contributed by atoms with van der Waals surface area (Å²) in [5, 5.41) is 3.91. The number of nitrogens with one attached hydrogen (secondary N) is 1. The molecule has 2 nitrogen and oxygen atoms in total. The van der Waals surface area contributed by atoms with Gasteiger partial charge in [0.05, 0.1) is 0 Å². The molecule has 110 valence electrons. The third-order valence-corrected chi connectivity index (χ3v) is 7.30. The Labute approximate surface area is 123 Å². The molecule has 19 heavy (non-hydrogen) atoms. The normalized spacial score (nSPS) is 34.1. The fourth-order valence-electron chi connectivity index (χ4n) is 4.24. The van der Waals surface area contributed by atoms with Crippen LogP contribution in [0.4, 0.5) is 0 Å². The van der Waals surface area contributed by atoms with Crippen molar-refractivity contribution in [1.82, 2.24) is 10.2 Å². The quantitative estimate of drug-likeness (QED) is 0.855. The van der Waals surface area contributed by atoms with Crippen molar-refractivity contribution in [2.24, 2.45) is 0 Å². The van der Waals surface area contributed by atoms with Crippen LogP contribution in [0.15, 0.2) is 0 Å². The summed E-state index contributed by atoms with van der Waals surface area (Å²) >= 11 is 2.13. The van der Waals surface area contributed by atoms with Crippen LogP contribution >= 0.6 is 11.8 Å². The topological polar surface area (TPSA) is 15.3 Å². The molecule has 1 heterocycles. The molecule has 3 heteroatoms. The summed E-state index contributed by atoms with van der Waals surface area (Å²) in [6, 6.07) is 0.720. The summed E-state index contributed by atoms with van der Waals surface area (Å²) < 4.78 is 0.599. The first-order chi connectivity index (χ1) is 9.17. The average molecular weight is 282 g/mol. The zero-order chi connectivity index (χ0) is 13.3. The zero-order valence-electron chi connectivity index (χ0n) is 12.7. The summed E-state index contributed by atoms with van der Waals surface area (Å²) in [7, 11) is 0. The van der Waals surface area contributed by atoms with Gasteiger partial charge in [0.2, 0.25) is 0 Å². The second kappa shape index (κ2) is 5.57. The molecule has 2 saturated carbocycles. The lowest BCUT2D eigenvalue weighted by Gasteiger charge is -2.53. The minimum Gasteiger partial charge on any atom is -0.308 e. The summed E-state index contributed by atoms with van der Waals surface area (Å²) in [5.74, 6) is 0.